The van der Waals surface area contributed by atoms with Gasteiger partial charge in [-0.2, -0.15) is 5.10 Å². The van der Waals surface area contributed by atoms with Crippen molar-refractivity contribution < 1.29 is 0 Å². The number of hydrogen-bond donors (Lipinski definition) is 1. The molecule has 0 saturated heterocycles. The molecule has 0 amide bonds. The fraction of sp³-hybridized carbons (Fsp3) is 0.562. The minimum Gasteiger partial charge on any atom is -0.308 e. The summed E-state index contributed by atoms with van der Waals surface area (Å²) < 4.78 is 2.01. The Bertz CT molecular complexity index is 588. The third kappa shape index (κ3) is 4.09. The van der Waals surface area contributed by atoms with Crippen molar-refractivity contribution in [2.24, 2.45) is 0 Å². The predicted octanol–water partition coefficient (Wildman–Crippen LogP) is 4.21. The number of halogens is 1. The molecule has 3 nitrogen and oxygen atoms in total. The maximum atomic E-state index is 6.43. The van der Waals surface area contributed by atoms with E-state index in [1.807, 2.05) is 16.0 Å². The summed E-state index contributed by atoms with van der Waals surface area (Å²) in [7, 11) is 0. The van der Waals surface area contributed by atoms with E-state index in [0.29, 0.717) is 6.04 Å². The number of nitrogens with one attached hydrogen (secondary N) is 1. The zero-order valence-corrected chi connectivity index (χ0v) is 14.8. The van der Waals surface area contributed by atoms with E-state index in [4.69, 9.17) is 11.6 Å². The molecule has 1 atom stereocenters. The lowest BCUT2D eigenvalue weighted by molar-refractivity contribution is 0.515. The van der Waals surface area contributed by atoms with Crippen LogP contribution in [-0.2, 0) is 25.9 Å². The first kappa shape index (κ1) is 16.5. The molecule has 0 fully saturated rings. The van der Waals surface area contributed by atoms with Crippen molar-refractivity contribution in [1.29, 1.82) is 0 Å². The maximum absolute atomic E-state index is 6.43. The zero-order valence-electron chi connectivity index (χ0n) is 13.2. The van der Waals surface area contributed by atoms with E-state index in [1.54, 1.807) is 0 Å². The molecule has 21 heavy (non-hydrogen) atoms. The van der Waals surface area contributed by atoms with Crippen molar-refractivity contribution in [3.8, 4) is 0 Å². The third-order valence-electron chi connectivity index (χ3n) is 3.62. The molecule has 0 aliphatic rings. The molecule has 2 aromatic heterocycles. The Morgan fingerprint density at radius 1 is 1.38 bits per heavy atom. The molecule has 2 rings (SSSR count). The second-order valence-corrected chi connectivity index (χ2v) is 7.13. The van der Waals surface area contributed by atoms with Gasteiger partial charge in [0.25, 0.3) is 0 Å². The van der Waals surface area contributed by atoms with Crippen LogP contribution in [0.25, 0.3) is 0 Å². The van der Waals surface area contributed by atoms with Crippen LogP contribution in [0.1, 0.15) is 41.9 Å². The lowest BCUT2D eigenvalue weighted by atomic mass is 10.2. The first-order valence-electron chi connectivity index (χ1n) is 7.57. The Hall–Kier alpha value is -0.840. The van der Waals surface area contributed by atoms with E-state index >= 15 is 0 Å². The lowest BCUT2D eigenvalue weighted by Gasteiger charge is -2.14. The summed E-state index contributed by atoms with van der Waals surface area (Å²) in [4.78, 5) is 2.80. The van der Waals surface area contributed by atoms with Crippen molar-refractivity contribution in [2.75, 3.05) is 0 Å². The van der Waals surface area contributed by atoms with Gasteiger partial charge in [0.15, 0.2) is 0 Å². The fourth-order valence-corrected chi connectivity index (χ4v) is 3.78. The molecule has 0 bridgehead atoms. The molecule has 0 aromatic carbocycles. The van der Waals surface area contributed by atoms with Gasteiger partial charge in [0.2, 0.25) is 0 Å². The van der Waals surface area contributed by atoms with Gasteiger partial charge in [0, 0.05) is 28.9 Å². The van der Waals surface area contributed by atoms with E-state index in [1.165, 1.54) is 9.75 Å². The van der Waals surface area contributed by atoms with Crippen molar-refractivity contribution in [2.45, 2.75) is 59.7 Å². The zero-order chi connectivity index (χ0) is 15.4. The third-order valence-corrected chi connectivity index (χ3v) is 5.07. The van der Waals surface area contributed by atoms with E-state index in [0.717, 1.165) is 42.3 Å². The SMILES string of the molecule is CCc1nn(CC)c(CNC(C)Cc2ccc(C)s2)c1Cl. The molecule has 0 radical (unpaired) electrons. The molecular weight excluding hydrogens is 302 g/mol. The van der Waals surface area contributed by atoms with Crippen LogP contribution >= 0.6 is 22.9 Å². The second-order valence-electron chi connectivity index (χ2n) is 5.38. The topological polar surface area (TPSA) is 29.9 Å². The molecule has 2 aromatic rings. The van der Waals surface area contributed by atoms with Crippen LogP contribution in [0.4, 0.5) is 0 Å². The molecule has 0 aliphatic carbocycles. The van der Waals surface area contributed by atoms with Gasteiger partial charge >= 0.3 is 0 Å². The van der Waals surface area contributed by atoms with Crippen LogP contribution in [0.5, 0.6) is 0 Å². The van der Waals surface area contributed by atoms with Crippen molar-refractivity contribution in [1.82, 2.24) is 15.1 Å². The Kier molecular flexibility index (Phi) is 5.85. The van der Waals surface area contributed by atoms with Gasteiger partial charge in [-0.1, -0.05) is 18.5 Å². The van der Waals surface area contributed by atoms with Crippen LogP contribution < -0.4 is 5.32 Å². The van der Waals surface area contributed by atoms with Gasteiger partial charge in [0.05, 0.1) is 16.4 Å². The lowest BCUT2D eigenvalue weighted by Crippen LogP contribution is -2.28. The van der Waals surface area contributed by atoms with Crippen molar-refractivity contribution >= 4 is 22.9 Å². The normalized spacial score (nSPS) is 12.8. The van der Waals surface area contributed by atoms with Gasteiger partial charge < -0.3 is 5.32 Å². The highest BCUT2D eigenvalue weighted by atomic mass is 35.5. The first-order chi connectivity index (χ1) is 10.0. The summed E-state index contributed by atoms with van der Waals surface area (Å²) in [6, 6.07) is 4.82. The quantitative estimate of drug-likeness (QED) is 0.826. The maximum Gasteiger partial charge on any atom is 0.0863 e. The summed E-state index contributed by atoms with van der Waals surface area (Å²) in [5.41, 5.74) is 2.10. The van der Waals surface area contributed by atoms with Gasteiger partial charge in [-0.15, -0.1) is 11.3 Å². The average Bonchev–Trinajstić information content (AvgIpc) is 3.00. The Morgan fingerprint density at radius 3 is 2.71 bits per heavy atom. The monoisotopic (exact) mass is 325 g/mol. The van der Waals surface area contributed by atoms with Crippen LogP contribution in [0.15, 0.2) is 12.1 Å². The Labute approximate surface area is 136 Å². The highest BCUT2D eigenvalue weighted by Crippen LogP contribution is 2.22. The number of rotatable bonds is 7. The molecule has 0 aliphatic heterocycles. The van der Waals surface area contributed by atoms with Crippen LogP contribution in [0.2, 0.25) is 5.02 Å². The molecular formula is C16H24ClN3S. The molecule has 0 spiro atoms. The number of aryl methyl sites for hydroxylation is 3. The van der Waals surface area contributed by atoms with E-state index in [-0.39, 0.29) is 0 Å². The van der Waals surface area contributed by atoms with E-state index in [9.17, 15) is 0 Å². The van der Waals surface area contributed by atoms with Crippen molar-refractivity contribution in [3.05, 3.63) is 38.3 Å². The molecule has 2 heterocycles. The largest absolute Gasteiger partial charge is 0.308 e. The minimum absolute atomic E-state index is 0.421. The smallest absolute Gasteiger partial charge is 0.0863 e. The van der Waals surface area contributed by atoms with E-state index in [2.05, 4.69) is 50.2 Å². The van der Waals surface area contributed by atoms with Crippen LogP contribution in [0, 0.1) is 6.92 Å². The number of aromatic nitrogens is 2. The second kappa shape index (κ2) is 7.43. The minimum atomic E-state index is 0.421. The number of thiophene rings is 1. The standard InChI is InChI=1S/C16H24ClN3S/c1-5-14-16(17)15(20(6-2)19-14)10-18-11(3)9-13-8-7-12(4)21-13/h7-8,11,18H,5-6,9-10H2,1-4H3. The van der Waals surface area contributed by atoms with Crippen LogP contribution in [0.3, 0.4) is 0 Å². The molecule has 5 heteroatoms. The van der Waals surface area contributed by atoms with Gasteiger partial charge in [-0.3, -0.25) is 4.68 Å². The Balaban J connectivity index is 1.97. The summed E-state index contributed by atoms with van der Waals surface area (Å²) in [6.45, 7) is 10.2. The molecule has 0 saturated carbocycles. The van der Waals surface area contributed by atoms with Gasteiger partial charge in [0.1, 0.15) is 0 Å². The van der Waals surface area contributed by atoms with E-state index < -0.39 is 0 Å². The highest BCUT2D eigenvalue weighted by Gasteiger charge is 2.15. The molecule has 1 N–H and O–H groups in total. The summed E-state index contributed by atoms with van der Waals surface area (Å²) in [5, 5.41) is 8.95. The Morgan fingerprint density at radius 2 is 2.14 bits per heavy atom. The molecule has 1 unspecified atom stereocenters. The predicted molar refractivity (Wildman–Crippen MR) is 91.4 cm³/mol. The molecule has 116 valence electrons. The van der Waals surface area contributed by atoms with Crippen molar-refractivity contribution in [3.63, 3.8) is 0 Å². The fourth-order valence-electron chi connectivity index (χ4n) is 2.43. The number of hydrogen-bond acceptors (Lipinski definition) is 3. The summed E-state index contributed by atoms with van der Waals surface area (Å²) in [6.07, 6.45) is 1.93. The first-order valence-corrected chi connectivity index (χ1v) is 8.77. The highest BCUT2D eigenvalue weighted by molar-refractivity contribution is 7.11. The van der Waals surface area contributed by atoms with Gasteiger partial charge in [-0.05, 0) is 45.7 Å². The average molecular weight is 326 g/mol. The van der Waals surface area contributed by atoms with Crippen LogP contribution in [-0.4, -0.2) is 15.8 Å². The number of nitrogens with zero attached hydrogens (tertiary/aromatic N) is 2. The summed E-state index contributed by atoms with van der Waals surface area (Å²) >= 11 is 8.31. The summed E-state index contributed by atoms with van der Waals surface area (Å²) in [5.74, 6) is 0. The van der Waals surface area contributed by atoms with Gasteiger partial charge in [-0.25, -0.2) is 0 Å².